The van der Waals surface area contributed by atoms with Gasteiger partial charge in [0.1, 0.15) is 0 Å². The number of amides is 1. The van der Waals surface area contributed by atoms with E-state index in [2.05, 4.69) is 4.90 Å². The zero-order chi connectivity index (χ0) is 13.0. The van der Waals surface area contributed by atoms with Crippen molar-refractivity contribution >= 4 is 5.91 Å². The molecule has 0 saturated carbocycles. The molecule has 98 valence electrons. The smallest absolute Gasteiger partial charge is 0.255 e. The topological polar surface area (TPSA) is 32.3 Å². The van der Waals surface area contributed by atoms with E-state index in [4.69, 9.17) is 0 Å². The summed E-state index contributed by atoms with van der Waals surface area (Å²) in [4.78, 5) is 14.0. The van der Waals surface area contributed by atoms with Gasteiger partial charge in [0.2, 0.25) is 0 Å². The van der Waals surface area contributed by atoms with Crippen LogP contribution in [0.5, 0.6) is 0 Å². The van der Waals surface area contributed by atoms with Gasteiger partial charge in [0.05, 0.1) is 5.41 Å². The van der Waals surface area contributed by atoms with Gasteiger partial charge in [-0.1, -0.05) is 30.3 Å². The molecule has 0 aliphatic carbocycles. The molecular formula is C14H19FN2O. The van der Waals surface area contributed by atoms with Crippen molar-refractivity contribution < 1.29 is 9.28 Å². The first-order valence-corrected chi connectivity index (χ1v) is 6.30. The van der Waals surface area contributed by atoms with Gasteiger partial charge >= 0.3 is 0 Å². The minimum atomic E-state index is -0.636. The van der Waals surface area contributed by atoms with E-state index < -0.39 is 11.3 Å². The Bertz CT molecular complexity index is 410. The summed E-state index contributed by atoms with van der Waals surface area (Å²) in [6.45, 7) is 1.58. The molecule has 0 aromatic heterocycles. The van der Waals surface area contributed by atoms with Crippen molar-refractivity contribution in [2.45, 2.75) is 19.3 Å². The molecule has 1 aromatic carbocycles. The first-order valence-electron chi connectivity index (χ1n) is 6.30. The van der Waals surface area contributed by atoms with Crippen LogP contribution >= 0.6 is 0 Å². The lowest BCUT2D eigenvalue weighted by molar-refractivity contribution is -0.138. The molecular weight excluding hydrogens is 231 g/mol. The number of nitrogens with zero attached hydrogens (tertiary/aromatic N) is 1. The van der Waals surface area contributed by atoms with Crippen molar-refractivity contribution in [3.63, 3.8) is 0 Å². The van der Waals surface area contributed by atoms with Gasteiger partial charge in [0, 0.05) is 6.54 Å². The van der Waals surface area contributed by atoms with Crippen molar-refractivity contribution in [2.24, 2.45) is 5.41 Å². The zero-order valence-electron chi connectivity index (χ0n) is 10.7. The number of piperidine rings is 1. The maximum atomic E-state index is 12.6. The zero-order valence-corrected chi connectivity index (χ0v) is 10.7. The van der Waals surface area contributed by atoms with Gasteiger partial charge in [-0.25, -0.2) is 0 Å². The third-order valence-electron chi connectivity index (χ3n) is 3.72. The standard InChI is InChI=1S/C14H19FN2O/c1-17-9-5-8-14(11-17,13(18)16-15)10-12-6-3-2-4-7-12/h2-4,6-7H,5,8-11H2,1H3,(H,16,18). The Kier molecular flexibility index (Phi) is 3.97. The number of hydrogen-bond acceptors (Lipinski definition) is 2. The lowest BCUT2D eigenvalue weighted by Gasteiger charge is -2.39. The summed E-state index contributed by atoms with van der Waals surface area (Å²) in [5.74, 6) is -0.488. The van der Waals surface area contributed by atoms with Crippen LogP contribution in [0.4, 0.5) is 4.48 Å². The molecule has 1 atom stereocenters. The van der Waals surface area contributed by atoms with Gasteiger partial charge in [-0.15, -0.1) is 4.48 Å². The average molecular weight is 250 g/mol. The van der Waals surface area contributed by atoms with Gasteiger partial charge in [0.25, 0.3) is 5.91 Å². The fourth-order valence-electron chi connectivity index (χ4n) is 2.86. The summed E-state index contributed by atoms with van der Waals surface area (Å²) in [7, 11) is 1.98. The van der Waals surface area contributed by atoms with Gasteiger partial charge in [-0.05, 0) is 38.4 Å². The minimum absolute atomic E-state index is 0.488. The third kappa shape index (κ3) is 2.70. The van der Waals surface area contributed by atoms with Crippen molar-refractivity contribution in [1.29, 1.82) is 0 Å². The van der Waals surface area contributed by atoms with Crippen LogP contribution in [0.3, 0.4) is 0 Å². The molecule has 3 nitrogen and oxygen atoms in total. The number of benzene rings is 1. The van der Waals surface area contributed by atoms with Crippen LogP contribution in [0, 0.1) is 5.41 Å². The van der Waals surface area contributed by atoms with E-state index in [1.165, 1.54) is 5.54 Å². The average Bonchev–Trinajstić information content (AvgIpc) is 2.39. The van der Waals surface area contributed by atoms with Gasteiger partial charge in [0.15, 0.2) is 0 Å². The number of rotatable bonds is 3. The van der Waals surface area contributed by atoms with E-state index in [0.717, 1.165) is 24.9 Å². The normalized spacial score (nSPS) is 24.8. The largest absolute Gasteiger partial charge is 0.305 e. The molecule has 1 saturated heterocycles. The molecule has 0 spiro atoms. The van der Waals surface area contributed by atoms with Crippen LogP contribution in [0.15, 0.2) is 30.3 Å². The molecule has 2 rings (SSSR count). The van der Waals surface area contributed by atoms with E-state index in [-0.39, 0.29) is 0 Å². The van der Waals surface area contributed by atoms with Gasteiger partial charge in [-0.2, -0.15) is 5.54 Å². The van der Waals surface area contributed by atoms with E-state index in [1.54, 1.807) is 0 Å². The number of nitrogens with one attached hydrogen (secondary N) is 1. The first kappa shape index (κ1) is 13.0. The van der Waals surface area contributed by atoms with Crippen molar-refractivity contribution in [1.82, 2.24) is 10.4 Å². The van der Waals surface area contributed by atoms with Crippen LogP contribution in [0.25, 0.3) is 0 Å². The molecule has 18 heavy (non-hydrogen) atoms. The number of halogens is 1. The molecule has 0 bridgehead atoms. The molecule has 1 aromatic rings. The highest BCUT2D eigenvalue weighted by atomic mass is 19.2. The van der Waals surface area contributed by atoms with Crippen LogP contribution < -0.4 is 5.54 Å². The predicted molar refractivity (Wildman–Crippen MR) is 68.6 cm³/mol. The monoisotopic (exact) mass is 250 g/mol. The van der Waals surface area contributed by atoms with E-state index in [1.807, 2.05) is 37.4 Å². The SMILES string of the molecule is CN1CCCC(Cc2ccccc2)(C(=O)NF)C1. The summed E-state index contributed by atoms with van der Waals surface area (Å²) in [5.41, 5.74) is 1.79. The maximum Gasteiger partial charge on any atom is 0.255 e. The van der Waals surface area contributed by atoms with Crippen LogP contribution in [-0.2, 0) is 11.2 Å². The summed E-state index contributed by atoms with van der Waals surface area (Å²) >= 11 is 0. The molecule has 1 heterocycles. The number of likely N-dealkylation sites (tertiary alicyclic amines) is 1. The Labute approximate surface area is 107 Å². The summed E-state index contributed by atoms with van der Waals surface area (Å²) in [6, 6.07) is 9.81. The first-order chi connectivity index (χ1) is 8.66. The maximum absolute atomic E-state index is 12.6. The Hall–Kier alpha value is -1.42. The summed E-state index contributed by atoms with van der Waals surface area (Å²) < 4.78 is 12.6. The second-order valence-electron chi connectivity index (χ2n) is 5.21. The second kappa shape index (κ2) is 5.48. The fourth-order valence-corrected chi connectivity index (χ4v) is 2.86. The quantitative estimate of drug-likeness (QED) is 0.832. The summed E-state index contributed by atoms with van der Waals surface area (Å²) in [6.07, 6.45) is 2.26. The highest BCUT2D eigenvalue weighted by Crippen LogP contribution is 2.33. The molecule has 1 unspecified atom stereocenters. The molecule has 1 fully saturated rings. The molecule has 1 amide bonds. The molecule has 1 N–H and O–H groups in total. The van der Waals surface area contributed by atoms with E-state index >= 15 is 0 Å². The second-order valence-corrected chi connectivity index (χ2v) is 5.21. The Morgan fingerprint density at radius 2 is 2.17 bits per heavy atom. The number of hydrogen-bond donors (Lipinski definition) is 1. The van der Waals surface area contributed by atoms with Crippen LogP contribution in [0.2, 0.25) is 0 Å². The molecule has 1 aliphatic rings. The Morgan fingerprint density at radius 1 is 1.44 bits per heavy atom. The lowest BCUT2D eigenvalue weighted by atomic mass is 9.74. The van der Waals surface area contributed by atoms with E-state index in [0.29, 0.717) is 13.0 Å². The van der Waals surface area contributed by atoms with E-state index in [9.17, 15) is 9.28 Å². The predicted octanol–water partition coefficient (Wildman–Crippen LogP) is 1.94. The number of carbonyl (C=O) groups is 1. The van der Waals surface area contributed by atoms with Crippen LogP contribution in [-0.4, -0.2) is 30.9 Å². The van der Waals surface area contributed by atoms with Crippen molar-refractivity contribution in [3.8, 4) is 0 Å². The van der Waals surface area contributed by atoms with Crippen LogP contribution in [0.1, 0.15) is 18.4 Å². The summed E-state index contributed by atoms with van der Waals surface area (Å²) in [5, 5.41) is 0. The lowest BCUT2D eigenvalue weighted by Crippen LogP contribution is -2.50. The fraction of sp³-hybridized carbons (Fsp3) is 0.500. The molecule has 1 aliphatic heterocycles. The van der Waals surface area contributed by atoms with Gasteiger partial charge in [-0.3, -0.25) is 4.79 Å². The Balaban J connectivity index is 2.22. The molecule has 4 heteroatoms. The highest BCUT2D eigenvalue weighted by Gasteiger charge is 2.41. The highest BCUT2D eigenvalue weighted by molar-refractivity contribution is 5.82. The molecule has 0 radical (unpaired) electrons. The Morgan fingerprint density at radius 3 is 2.78 bits per heavy atom. The minimum Gasteiger partial charge on any atom is -0.305 e. The van der Waals surface area contributed by atoms with Crippen molar-refractivity contribution in [3.05, 3.63) is 35.9 Å². The number of carbonyl (C=O) groups excluding carboxylic acids is 1. The van der Waals surface area contributed by atoms with Crippen molar-refractivity contribution in [2.75, 3.05) is 20.1 Å². The van der Waals surface area contributed by atoms with Gasteiger partial charge < -0.3 is 4.90 Å². The third-order valence-corrected chi connectivity index (χ3v) is 3.72.